The monoisotopic (exact) mass is 321 g/mol. The fourth-order valence-corrected chi connectivity index (χ4v) is 4.65. The number of benzene rings is 1. The van der Waals surface area contributed by atoms with Crippen LogP contribution in [0.3, 0.4) is 0 Å². The summed E-state index contributed by atoms with van der Waals surface area (Å²) < 4.78 is 0. The van der Waals surface area contributed by atoms with Crippen LogP contribution in [-0.4, -0.2) is 35.6 Å². The molecule has 124 valence electrons. The van der Waals surface area contributed by atoms with Crippen molar-refractivity contribution in [2.24, 2.45) is 5.92 Å². The summed E-state index contributed by atoms with van der Waals surface area (Å²) in [7, 11) is 0. The zero-order valence-electron chi connectivity index (χ0n) is 13.8. The molecule has 5 heteroatoms. The minimum absolute atomic E-state index is 0.394. The van der Waals surface area contributed by atoms with Crippen molar-refractivity contribution in [3.05, 3.63) is 35.4 Å². The van der Waals surface area contributed by atoms with Crippen molar-refractivity contribution in [3.8, 4) is 11.3 Å². The van der Waals surface area contributed by atoms with Crippen molar-refractivity contribution >= 4 is 11.8 Å². The Balaban J connectivity index is 1.62. The van der Waals surface area contributed by atoms with E-state index in [4.69, 9.17) is 5.73 Å². The molecule has 3 aliphatic rings. The third kappa shape index (κ3) is 2.18. The van der Waals surface area contributed by atoms with Gasteiger partial charge in [-0.15, -0.1) is 0 Å². The largest absolute Gasteiger partial charge is 0.368 e. The number of nitrogens with two attached hydrogens (primary N) is 1. The van der Waals surface area contributed by atoms with E-state index in [0.29, 0.717) is 12.0 Å². The summed E-state index contributed by atoms with van der Waals surface area (Å²) in [4.78, 5) is 11.8. The molecule has 2 aliphatic heterocycles. The van der Waals surface area contributed by atoms with E-state index in [1.165, 1.54) is 23.1 Å². The quantitative estimate of drug-likeness (QED) is 0.841. The van der Waals surface area contributed by atoms with Gasteiger partial charge in [0.05, 0.1) is 5.69 Å². The van der Waals surface area contributed by atoms with Gasteiger partial charge in [-0.05, 0) is 43.7 Å². The molecule has 2 unspecified atom stereocenters. The zero-order chi connectivity index (χ0) is 16.1. The van der Waals surface area contributed by atoms with E-state index in [1.807, 2.05) is 0 Å². The molecule has 1 aromatic heterocycles. The predicted molar refractivity (Wildman–Crippen MR) is 96.0 cm³/mol. The molecule has 0 spiro atoms. The SMILES string of the molecule is Nc1nc2c(c(N3CC4CCNC4C3)n1)CCCc1ccccc1-2. The maximum atomic E-state index is 6.11. The number of nitrogens with zero attached hydrogens (tertiary/aromatic N) is 3. The molecule has 2 aromatic rings. The van der Waals surface area contributed by atoms with Crippen molar-refractivity contribution in [3.63, 3.8) is 0 Å². The third-order valence-electron chi connectivity index (χ3n) is 5.81. The van der Waals surface area contributed by atoms with Crippen LogP contribution in [-0.2, 0) is 12.8 Å². The van der Waals surface area contributed by atoms with Gasteiger partial charge in [-0.3, -0.25) is 0 Å². The molecule has 0 bridgehead atoms. The highest BCUT2D eigenvalue weighted by atomic mass is 15.3. The van der Waals surface area contributed by atoms with E-state index in [9.17, 15) is 0 Å². The maximum Gasteiger partial charge on any atom is 0.222 e. The molecule has 2 saturated heterocycles. The molecule has 1 aromatic carbocycles. The molecule has 0 saturated carbocycles. The van der Waals surface area contributed by atoms with Gasteiger partial charge in [0, 0.05) is 30.3 Å². The second-order valence-electron chi connectivity index (χ2n) is 7.26. The van der Waals surface area contributed by atoms with E-state index < -0.39 is 0 Å². The Morgan fingerprint density at radius 1 is 1.12 bits per heavy atom. The summed E-state index contributed by atoms with van der Waals surface area (Å²) >= 11 is 0. The van der Waals surface area contributed by atoms with Crippen molar-refractivity contribution in [1.82, 2.24) is 15.3 Å². The number of aromatic nitrogens is 2. The molecule has 2 fully saturated rings. The van der Waals surface area contributed by atoms with Crippen molar-refractivity contribution in [2.45, 2.75) is 31.7 Å². The first-order valence-corrected chi connectivity index (χ1v) is 9.02. The Morgan fingerprint density at radius 3 is 2.96 bits per heavy atom. The average Bonchev–Trinajstić information content (AvgIpc) is 3.13. The summed E-state index contributed by atoms with van der Waals surface area (Å²) in [5.74, 6) is 2.21. The number of fused-ring (bicyclic) bond motifs is 4. The molecule has 5 rings (SSSR count). The molecule has 5 nitrogen and oxygen atoms in total. The second kappa shape index (κ2) is 5.45. The number of hydrogen-bond donors (Lipinski definition) is 2. The molecule has 0 radical (unpaired) electrons. The van der Waals surface area contributed by atoms with Crippen LogP contribution in [0.15, 0.2) is 24.3 Å². The molecule has 3 heterocycles. The van der Waals surface area contributed by atoms with Gasteiger partial charge in [-0.25, -0.2) is 4.98 Å². The van der Waals surface area contributed by atoms with Gasteiger partial charge in [0.2, 0.25) is 5.95 Å². The number of nitrogens with one attached hydrogen (secondary N) is 1. The molecule has 24 heavy (non-hydrogen) atoms. The molecule has 1 aliphatic carbocycles. The second-order valence-corrected chi connectivity index (χ2v) is 7.26. The number of rotatable bonds is 1. The molecule has 3 N–H and O–H groups in total. The van der Waals surface area contributed by atoms with E-state index >= 15 is 0 Å². The highest BCUT2D eigenvalue weighted by Crippen LogP contribution is 2.38. The Hall–Kier alpha value is -2.14. The van der Waals surface area contributed by atoms with Crippen LogP contribution in [0.1, 0.15) is 24.0 Å². The van der Waals surface area contributed by atoms with Gasteiger partial charge >= 0.3 is 0 Å². The van der Waals surface area contributed by atoms with Crippen molar-refractivity contribution < 1.29 is 0 Å². The summed E-state index contributed by atoms with van der Waals surface area (Å²) in [5.41, 5.74) is 11.1. The summed E-state index contributed by atoms with van der Waals surface area (Å²) in [5, 5.41) is 3.62. The molecule has 0 amide bonds. The van der Waals surface area contributed by atoms with Crippen LogP contribution in [0.5, 0.6) is 0 Å². The van der Waals surface area contributed by atoms with Crippen LogP contribution in [0, 0.1) is 5.92 Å². The van der Waals surface area contributed by atoms with Crippen LogP contribution in [0.2, 0.25) is 0 Å². The van der Waals surface area contributed by atoms with Gasteiger partial charge in [0.1, 0.15) is 5.82 Å². The molecule has 2 atom stereocenters. The van der Waals surface area contributed by atoms with Gasteiger partial charge < -0.3 is 16.0 Å². The van der Waals surface area contributed by atoms with Crippen molar-refractivity contribution in [2.75, 3.05) is 30.3 Å². The Labute approximate surface area is 142 Å². The van der Waals surface area contributed by atoms with Crippen LogP contribution in [0.4, 0.5) is 11.8 Å². The Bertz CT molecular complexity index is 775. The maximum absolute atomic E-state index is 6.11. The fourth-order valence-electron chi connectivity index (χ4n) is 4.65. The summed E-state index contributed by atoms with van der Waals surface area (Å²) in [6.07, 6.45) is 4.54. The lowest BCUT2D eigenvalue weighted by Crippen LogP contribution is -2.31. The normalized spacial score (nSPS) is 25.1. The Morgan fingerprint density at radius 2 is 2.04 bits per heavy atom. The highest BCUT2D eigenvalue weighted by molar-refractivity contribution is 5.74. The van der Waals surface area contributed by atoms with Gasteiger partial charge in [0.15, 0.2) is 0 Å². The summed E-state index contributed by atoms with van der Waals surface area (Å²) in [6, 6.07) is 9.20. The minimum Gasteiger partial charge on any atom is -0.368 e. The first-order chi connectivity index (χ1) is 11.8. The van der Waals surface area contributed by atoms with Gasteiger partial charge in [-0.2, -0.15) is 4.98 Å². The first-order valence-electron chi connectivity index (χ1n) is 9.02. The van der Waals surface area contributed by atoms with Gasteiger partial charge in [-0.1, -0.05) is 24.3 Å². The lowest BCUT2D eigenvalue weighted by Gasteiger charge is -2.23. The lowest BCUT2D eigenvalue weighted by molar-refractivity contribution is 0.556. The van der Waals surface area contributed by atoms with E-state index in [1.54, 1.807) is 0 Å². The molecular weight excluding hydrogens is 298 g/mol. The average molecular weight is 321 g/mol. The topological polar surface area (TPSA) is 67.1 Å². The predicted octanol–water partition coefficient (Wildman–Crippen LogP) is 2.01. The number of aryl methyl sites for hydroxylation is 1. The van der Waals surface area contributed by atoms with Crippen LogP contribution >= 0.6 is 0 Å². The summed E-state index contributed by atoms with van der Waals surface area (Å²) in [6.45, 7) is 3.28. The van der Waals surface area contributed by atoms with Gasteiger partial charge in [0.25, 0.3) is 0 Å². The smallest absolute Gasteiger partial charge is 0.222 e. The number of nitrogen functional groups attached to an aromatic ring is 1. The van der Waals surface area contributed by atoms with E-state index in [0.717, 1.165) is 56.3 Å². The third-order valence-corrected chi connectivity index (χ3v) is 5.81. The van der Waals surface area contributed by atoms with E-state index in [-0.39, 0.29) is 0 Å². The first kappa shape index (κ1) is 14.2. The zero-order valence-corrected chi connectivity index (χ0v) is 13.8. The minimum atomic E-state index is 0.394. The highest BCUT2D eigenvalue weighted by Gasteiger charge is 2.37. The Kier molecular flexibility index (Phi) is 3.23. The number of anilines is 2. The van der Waals surface area contributed by atoms with Crippen molar-refractivity contribution in [1.29, 1.82) is 0 Å². The standard InChI is InChI=1S/C19H23N5/c20-19-22-17-14-6-2-1-4-12(14)5-3-7-15(17)18(23-19)24-10-13-8-9-21-16(13)11-24/h1-2,4,6,13,16,21H,3,5,7-11H2,(H2,20,22,23). The lowest BCUT2D eigenvalue weighted by atomic mass is 10.0. The van der Waals surface area contributed by atoms with E-state index in [2.05, 4.69) is 44.5 Å². The van der Waals surface area contributed by atoms with Crippen LogP contribution < -0.4 is 16.0 Å². The fraction of sp³-hybridized carbons (Fsp3) is 0.474. The number of hydrogen-bond acceptors (Lipinski definition) is 5. The van der Waals surface area contributed by atoms with Crippen LogP contribution in [0.25, 0.3) is 11.3 Å². The molecular formula is C19H23N5.